The largest absolute Gasteiger partial charge is 0.349 e. The summed E-state index contributed by atoms with van der Waals surface area (Å²) in [6.07, 6.45) is 5.09. The van der Waals surface area contributed by atoms with Gasteiger partial charge in [0.1, 0.15) is 0 Å². The number of thioether (sulfide) groups is 1. The van der Waals surface area contributed by atoms with Crippen molar-refractivity contribution in [3.63, 3.8) is 0 Å². The summed E-state index contributed by atoms with van der Waals surface area (Å²) in [4.78, 5) is 16.4. The van der Waals surface area contributed by atoms with E-state index < -0.39 is 0 Å². The summed E-state index contributed by atoms with van der Waals surface area (Å²) < 4.78 is 2.27. The quantitative estimate of drug-likeness (QED) is 0.595. The molecule has 1 N–H and O–H groups in total. The van der Waals surface area contributed by atoms with E-state index in [4.69, 9.17) is 0 Å². The fourth-order valence-electron chi connectivity index (χ4n) is 3.77. The van der Waals surface area contributed by atoms with Crippen LogP contribution in [0.3, 0.4) is 0 Å². The van der Waals surface area contributed by atoms with E-state index in [1.54, 1.807) is 11.8 Å². The number of fused-ring (bicyclic) bond motifs is 1. The normalized spacial score (nSPS) is 16.4. The van der Waals surface area contributed by atoms with E-state index in [-0.39, 0.29) is 12.1 Å². The summed E-state index contributed by atoms with van der Waals surface area (Å²) in [5.74, 6) is 0. The maximum absolute atomic E-state index is 13.3. The minimum Gasteiger partial charge on any atom is -0.349 e. The Balaban J connectivity index is 1.66. The first-order valence-electron chi connectivity index (χ1n) is 9.59. The number of amides is 2. The molecule has 2 amide bonds. The monoisotopic (exact) mass is 391 g/mol. The summed E-state index contributed by atoms with van der Waals surface area (Å²) in [7, 11) is 0. The Kier molecular flexibility index (Phi) is 5.44. The zero-order valence-corrected chi connectivity index (χ0v) is 17.1. The van der Waals surface area contributed by atoms with E-state index >= 15 is 0 Å². The van der Waals surface area contributed by atoms with Gasteiger partial charge in [-0.3, -0.25) is 0 Å². The van der Waals surface area contributed by atoms with E-state index in [0.717, 1.165) is 36.5 Å². The highest BCUT2D eigenvalue weighted by Gasteiger charge is 2.30. The lowest BCUT2D eigenvalue weighted by molar-refractivity contribution is 0.199. The van der Waals surface area contributed by atoms with Gasteiger partial charge in [-0.1, -0.05) is 29.8 Å². The predicted octanol–water partition coefficient (Wildman–Crippen LogP) is 5.55. The number of nitrogens with one attached hydrogen (secondary N) is 1. The Morgan fingerprint density at radius 1 is 1.04 bits per heavy atom. The molecule has 4 nitrogen and oxygen atoms in total. The number of urea groups is 1. The number of hydrogen-bond acceptors (Lipinski definition) is 2. The summed E-state index contributed by atoms with van der Waals surface area (Å²) in [6, 6.07) is 20.5. The average molecular weight is 392 g/mol. The molecule has 28 heavy (non-hydrogen) atoms. The third-order valence-corrected chi connectivity index (χ3v) is 5.99. The molecule has 0 bridgehead atoms. The Morgan fingerprint density at radius 3 is 2.50 bits per heavy atom. The van der Waals surface area contributed by atoms with Crippen molar-refractivity contribution in [2.75, 3.05) is 18.1 Å². The van der Waals surface area contributed by atoms with E-state index in [1.807, 2.05) is 35.4 Å². The van der Waals surface area contributed by atoms with Crippen molar-refractivity contribution in [2.24, 2.45) is 0 Å². The highest BCUT2D eigenvalue weighted by Crippen LogP contribution is 2.32. The third kappa shape index (κ3) is 3.80. The second-order valence-electron chi connectivity index (χ2n) is 7.15. The van der Waals surface area contributed by atoms with Crippen LogP contribution in [0.5, 0.6) is 0 Å². The van der Waals surface area contributed by atoms with Gasteiger partial charge < -0.3 is 14.8 Å². The van der Waals surface area contributed by atoms with Crippen molar-refractivity contribution in [1.82, 2.24) is 9.47 Å². The molecule has 3 aromatic rings. The second-order valence-corrected chi connectivity index (χ2v) is 8.02. The molecule has 0 fully saturated rings. The fraction of sp³-hybridized carbons (Fsp3) is 0.261. The number of nitrogens with zero attached hydrogens (tertiary/aromatic N) is 2. The lowest BCUT2D eigenvalue weighted by atomic mass is 10.0. The lowest BCUT2D eigenvalue weighted by Gasteiger charge is -2.31. The molecule has 1 aliphatic rings. The first-order chi connectivity index (χ1) is 13.7. The molecule has 0 saturated carbocycles. The van der Waals surface area contributed by atoms with Gasteiger partial charge in [-0.2, -0.15) is 0 Å². The minimum absolute atomic E-state index is 0.0582. The molecule has 0 spiro atoms. The predicted molar refractivity (Wildman–Crippen MR) is 116 cm³/mol. The van der Waals surface area contributed by atoms with Crippen molar-refractivity contribution in [2.45, 2.75) is 30.8 Å². The Bertz CT molecular complexity index is 947. The standard InChI is InChI=1S/C23H25N3OS/c1-17-6-8-18(9-7-17)22-21-5-3-14-25(21)15-4-16-26(22)23(27)24-19-10-12-20(28-2)13-11-19/h3,5-14,22H,4,15-16H2,1-2H3,(H,24,27)/t22-/m0/s1. The van der Waals surface area contributed by atoms with Gasteiger partial charge in [0.2, 0.25) is 0 Å². The van der Waals surface area contributed by atoms with Crippen LogP contribution in [-0.4, -0.2) is 28.3 Å². The number of rotatable bonds is 3. The molecule has 2 heterocycles. The van der Waals surface area contributed by atoms with Gasteiger partial charge in [-0.05, 0) is 61.6 Å². The van der Waals surface area contributed by atoms with Gasteiger partial charge in [-0.15, -0.1) is 11.8 Å². The number of aromatic nitrogens is 1. The molecular formula is C23H25N3OS. The fourth-order valence-corrected chi connectivity index (χ4v) is 4.18. The van der Waals surface area contributed by atoms with Crippen LogP contribution in [0.1, 0.15) is 29.3 Å². The summed E-state index contributed by atoms with van der Waals surface area (Å²) in [5, 5.41) is 3.09. The molecule has 0 saturated heterocycles. The second kappa shape index (κ2) is 8.15. The molecule has 0 unspecified atom stereocenters. The van der Waals surface area contributed by atoms with Crippen LogP contribution >= 0.6 is 11.8 Å². The van der Waals surface area contributed by atoms with E-state index in [2.05, 4.69) is 59.4 Å². The Hall–Kier alpha value is -2.66. The van der Waals surface area contributed by atoms with Gasteiger partial charge in [0, 0.05) is 35.6 Å². The average Bonchev–Trinajstić information content (AvgIpc) is 3.09. The van der Waals surface area contributed by atoms with Gasteiger partial charge in [0.25, 0.3) is 0 Å². The van der Waals surface area contributed by atoms with E-state index in [0.29, 0.717) is 0 Å². The highest BCUT2D eigenvalue weighted by molar-refractivity contribution is 7.98. The molecule has 0 aliphatic carbocycles. The van der Waals surface area contributed by atoms with Crippen LogP contribution in [0.4, 0.5) is 10.5 Å². The number of benzene rings is 2. The summed E-state index contributed by atoms with van der Waals surface area (Å²) in [6.45, 7) is 3.73. The number of carbonyl (C=O) groups excluding carboxylic acids is 1. The van der Waals surface area contributed by atoms with E-state index in [1.165, 1.54) is 10.5 Å². The van der Waals surface area contributed by atoms with E-state index in [9.17, 15) is 4.79 Å². The molecule has 2 aromatic carbocycles. The van der Waals surface area contributed by atoms with Crippen LogP contribution in [0, 0.1) is 6.92 Å². The molecule has 1 atom stereocenters. The lowest BCUT2D eigenvalue weighted by Crippen LogP contribution is -2.38. The van der Waals surface area contributed by atoms with Gasteiger partial charge in [-0.25, -0.2) is 4.79 Å². The molecule has 1 aromatic heterocycles. The van der Waals surface area contributed by atoms with Gasteiger partial charge in [0.05, 0.1) is 6.04 Å². The van der Waals surface area contributed by atoms with Crippen molar-refractivity contribution >= 4 is 23.5 Å². The number of carbonyl (C=O) groups is 1. The summed E-state index contributed by atoms with van der Waals surface area (Å²) in [5.41, 5.74) is 4.34. The van der Waals surface area contributed by atoms with Crippen LogP contribution in [0.2, 0.25) is 0 Å². The number of anilines is 1. The zero-order chi connectivity index (χ0) is 19.5. The first-order valence-corrected chi connectivity index (χ1v) is 10.8. The van der Waals surface area contributed by atoms with Crippen LogP contribution in [0.25, 0.3) is 0 Å². The SMILES string of the molecule is CSc1ccc(NC(=O)N2CCCn3cccc3[C@@H]2c2ccc(C)cc2)cc1. The number of aryl methyl sites for hydroxylation is 2. The first kappa shape index (κ1) is 18.7. The zero-order valence-electron chi connectivity index (χ0n) is 16.3. The summed E-state index contributed by atoms with van der Waals surface area (Å²) >= 11 is 1.69. The van der Waals surface area contributed by atoms with Crippen molar-refractivity contribution in [1.29, 1.82) is 0 Å². The third-order valence-electron chi connectivity index (χ3n) is 5.25. The molecule has 144 valence electrons. The van der Waals surface area contributed by atoms with Crippen molar-refractivity contribution in [3.8, 4) is 0 Å². The Labute approximate surface area is 170 Å². The van der Waals surface area contributed by atoms with Gasteiger partial charge >= 0.3 is 6.03 Å². The number of hydrogen-bond donors (Lipinski definition) is 1. The molecule has 5 heteroatoms. The van der Waals surface area contributed by atoms with Crippen molar-refractivity contribution in [3.05, 3.63) is 83.7 Å². The Morgan fingerprint density at radius 2 is 1.79 bits per heavy atom. The van der Waals surface area contributed by atoms with Crippen LogP contribution in [-0.2, 0) is 6.54 Å². The van der Waals surface area contributed by atoms with Gasteiger partial charge in [0.15, 0.2) is 0 Å². The smallest absolute Gasteiger partial charge is 0.322 e. The maximum Gasteiger partial charge on any atom is 0.322 e. The van der Waals surface area contributed by atoms with Crippen LogP contribution in [0.15, 0.2) is 71.8 Å². The van der Waals surface area contributed by atoms with Crippen LogP contribution < -0.4 is 5.32 Å². The molecule has 0 radical (unpaired) electrons. The van der Waals surface area contributed by atoms with Crippen molar-refractivity contribution < 1.29 is 4.79 Å². The molecular weight excluding hydrogens is 366 g/mol. The maximum atomic E-state index is 13.3. The minimum atomic E-state index is -0.0939. The molecule has 4 rings (SSSR count). The highest BCUT2D eigenvalue weighted by atomic mass is 32.2. The molecule has 1 aliphatic heterocycles. The topological polar surface area (TPSA) is 37.3 Å².